The summed E-state index contributed by atoms with van der Waals surface area (Å²) >= 11 is 0. The molecule has 0 unspecified atom stereocenters. The molecule has 1 N–H and O–H groups in total. The fourth-order valence-electron chi connectivity index (χ4n) is 5.64. The minimum absolute atomic E-state index is 0.0488. The van der Waals surface area contributed by atoms with Gasteiger partial charge in [-0.05, 0) is 50.3 Å². The number of rotatable bonds is 5. The molecule has 1 fully saturated rings. The first-order chi connectivity index (χ1) is 16.9. The van der Waals surface area contributed by atoms with Crippen molar-refractivity contribution in [3.05, 3.63) is 82.1 Å². The summed E-state index contributed by atoms with van der Waals surface area (Å²) in [5, 5.41) is 3.07. The summed E-state index contributed by atoms with van der Waals surface area (Å²) in [6.07, 6.45) is 1.96. The largest absolute Gasteiger partial charge is 0.341 e. The van der Waals surface area contributed by atoms with Crippen molar-refractivity contribution in [1.29, 1.82) is 0 Å². The molecule has 182 valence electrons. The van der Waals surface area contributed by atoms with Crippen LogP contribution in [0.2, 0.25) is 0 Å². The van der Waals surface area contributed by atoms with Crippen LogP contribution >= 0.6 is 0 Å². The highest BCUT2D eigenvalue weighted by molar-refractivity contribution is 6.04. The predicted octanol–water partition coefficient (Wildman–Crippen LogP) is 3.85. The minimum atomic E-state index is -0.721. The number of amides is 4. The number of nitrogens with zero attached hydrogens (tertiary/aromatic N) is 3. The first-order valence-electron chi connectivity index (χ1n) is 12.4. The summed E-state index contributed by atoms with van der Waals surface area (Å²) < 4.78 is 0. The fraction of sp³-hybridized carbons (Fsp3) is 0.393. The van der Waals surface area contributed by atoms with Gasteiger partial charge < -0.3 is 15.1 Å². The molecule has 35 heavy (non-hydrogen) atoms. The van der Waals surface area contributed by atoms with Gasteiger partial charge in [0, 0.05) is 19.6 Å². The van der Waals surface area contributed by atoms with Crippen LogP contribution in [0.4, 0.5) is 4.79 Å². The van der Waals surface area contributed by atoms with E-state index in [-0.39, 0.29) is 24.4 Å². The highest BCUT2D eigenvalue weighted by atomic mass is 16.2. The highest BCUT2D eigenvalue weighted by Gasteiger charge is 2.48. The van der Waals surface area contributed by atoms with Gasteiger partial charge in [0.15, 0.2) is 0 Å². The van der Waals surface area contributed by atoms with E-state index in [1.807, 2.05) is 68.1 Å². The molecule has 0 aromatic heterocycles. The SMILES string of the molecule is CCN1C(=O)N[C@@H](c2ccc(C)cc2C)C2=C1CN([C@H](C(=O)N1CCCC1)c1ccccc1)C2=O. The monoisotopic (exact) mass is 472 g/mol. The Morgan fingerprint density at radius 1 is 1.06 bits per heavy atom. The summed E-state index contributed by atoms with van der Waals surface area (Å²) in [5.74, 6) is -0.239. The van der Waals surface area contributed by atoms with Gasteiger partial charge in [-0.15, -0.1) is 0 Å². The van der Waals surface area contributed by atoms with Crippen molar-refractivity contribution in [2.75, 3.05) is 26.2 Å². The van der Waals surface area contributed by atoms with Crippen molar-refractivity contribution in [1.82, 2.24) is 20.0 Å². The van der Waals surface area contributed by atoms with Gasteiger partial charge in [-0.1, -0.05) is 54.1 Å². The molecule has 0 saturated carbocycles. The molecule has 1 saturated heterocycles. The molecule has 2 aromatic carbocycles. The summed E-state index contributed by atoms with van der Waals surface area (Å²) in [5.41, 5.74) is 5.10. The summed E-state index contributed by atoms with van der Waals surface area (Å²) in [6.45, 7) is 8.03. The number of urea groups is 1. The molecule has 3 heterocycles. The van der Waals surface area contributed by atoms with Crippen LogP contribution in [0.25, 0.3) is 0 Å². The van der Waals surface area contributed by atoms with Crippen LogP contribution in [0.15, 0.2) is 59.8 Å². The molecule has 7 heteroatoms. The van der Waals surface area contributed by atoms with Crippen molar-refractivity contribution < 1.29 is 14.4 Å². The van der Waals surface area contributed by atoms with Crippen molar-refractivity contribution in [3.63, 3.8) is 0 Å². The molecule has 3 aliphatic heterocycles. The fourth-order valence-corrected chi connectivity index (χ4v) is 5.64. The minimum Gasteiger partial charge on any atom is -0.341 e. The van der Waals surface area contributed by atoms with Gasteiger partial charge >= 0.3 is 6.03 Å². The van der Waals surface area contributed by atoms with E-state index >= 15 is 0 Å². The quantitative estimate of drug-likeness (QED) is 0.719. The Hall–Kier alpha value is -3.61. The van der Waals surface area contributed by atoms with E-state index in [0.29, 0.717) is 30.9 Å². The molecular formula is C28H32N4O3. The van der Waals surface area contributed by atoms with Crippen LogP contribution in [-0.4, -0.2) is 58.7 Å². The molecular weight excluding hydrogens is 440 g/mol. The van der Waals surface area contributed by atoms with Gasteiger partial charge in [0.1, 0.15) is 6.04 Å². The first kappa shape index (κ1) is 23.1. The lowest BCUT2D eigenvalue weighted by Gasteiger charge is -2.33. The smallest absolute Gasteiger partial charge is 0.322 e. The van der Waals surface area contributed by atoms with Crippen LogP contribution in [0.3, 0.4) is 0 Å². The molecule has 5 rings (SSSR count). The van der Waals surface area contributed by atoms with E-state index in [9.17, 15) is 14.4 Å². The van der Waals surface area contributed by atoms with Gasteiger partial charge in [0.05, 0.1) is 23.9 Å². The molecule has 3 aliphatic rings. The number of likely N-dealkylation sites (N-methyl/N-ethyl adjacent to an activating group) is 1. The van der Waals surface area contributed by atoms with Crippen molar-refractivity contribution in [2.45, 2.75) is 45.7 Å². The van der Waals surface area contributed by atoms with Crippen LogP contribution in [0.5, 0.6) is 0 Å². The number of benzene rings is 2. The van der Waals surface area contributed by atoms with Gasteiger partial charge in [-0.2, -0.15) is 0 Å². The van der Waals surface area contributed by atoms with E-state index in [2.05, 4.69) is 11.4 Å². The Labute approximate surface area is 206 Å². The van der Waals surface area contributed by atoms with Gasteiger partial charge in [-0.25, -0.2) is 4.79 Å². The Bertz CT molecular complexity index is 1200. The molecule has 2 atom stereocenters. The lowest BCUT2D eigenvalue weighted by Crippen LogP contribution is -2.47. The second-order valence-corrected chi connectivity index (χ2v) is 9.63. The Morgan fingerprint density at radius 3 is 2.43 bits per heavy atom. The lowest BCUT2D eigenvalue weighted by molar-refractivity contribution is -0.142. The van der Waals surface area contributed by atoms with Crippen LogP contribution in [0.1, 0.15) is 54.1 Å². The van der Waals surface area contributed by atoms with Gasteiger partial charge in [0.25, 0.3) is 5.91 Å². The first-order valence-corrected chi connectivity index (χ1v) is 12.4. The van der Waals surface area contributed by atoms with E-state index < -0.39 is 12.1 Å². The topological polar surface area (TPSA) is 73.0 Å². The molecule has 0 radical (unpaired) electrons. The zero-order chi connectivity index (χ0) is 24.7. The average molecular weight is 473 g/mol. The second-order valence-electron chi connectivity index (χ2n) is 9.63. The van der Waals surface area contributed by atoms with Crippen LogP contribution in [-0.2, 0) is 9.59 Å². The molecule has 7 nitrogen and oxygen atoms in total. The maximum absolute atomic E-state index is 14.1. The normalized spacial score (nSPS) is 20.9. The number of aryl methyl sites for hydroxylation is 2. The van der Waals surface area contributed by atoms with Crippen molar-refractivity contribution in [2.24, 2.45) is 0 Å². The number of nitrogens with one attached hydrogen (secondary N) is 1. The maximum atomic E-state index is 14.1. The average Bonchev–Trinajstić information content (AvgIpc) is 3.49. The van der Waals surface area contributed by atoms with Crippen molar-refractivity contribution >= 4 is 17.8 Å². The Balaban J connectivity index is 1.58. The van der Waals surface area contributed by atoms with Crippen LogP contribution in [0, 0.1) is 13.8 Å². The van der Waals surface area contributed by atoms with E-state index in [4.69, 9.17) is 0 Å². The molecule has 0 spiro atoms. The second kappa shape index (κ2) is 9.21. The zero-order valence-electron chi connectivity index (χ0n) is 20.6. The van der Waals surface area contributed by atoms with Gasteiger partial charge in [-0.3, -0.25) is 14.5 Å². The van der Waals surface area contributed by atoms with Crippen molar-refractivity contribution in [3.8, 4) is 0 Å². The number of hydrogen-bond donors (Lipinski definition) is 1. The molecule has 4 amide bonds. The highest BCUT2D eigenvalue weighted by Crippen LogP contribution is 2.41. The number of likely N-dealkylation sites (tertiary alicyclic amines) is 1. The van der Waals surface area contributed by atoms with Crippen LogP contribution < -0.4 is 5.32 Å². The third kappa shape index (κ3) is 3.99. The third-order valence-corrected chi connectivity index (χ3v) is 7.38. The zero-order valence-corrected chi connectivity index (χ0v) is 20.6. The molecule has 0 aliphatic carbocycles. The number of carbonyl (C=O) groups excluding carboxylic acids is 3. The maximum Gasteiger partial charge on any atom is 0.322 e. The Kier molecular flexibility index (Phi) is 6.09. The standard InChI is InChI=1S/C28H32N4O3/c1-4-31-22-17-32(25(20-10-6-5-7-11-20)27(34)30-14-8-9-15-30)26(33)23(22)24(29-28(31)35)21-13-12-18(2)16-19(21)3/h5-7,10-13,16,24-25H,4,8-9,14-15,17H2,1-3H3,(H,29,35)/t24-,25-/m0/s1. The summed E-state index contributed by atoms with van der Waals surface area (Å²) in [6, 6.07) is 14.1. The van der Waals surface area contributed by atoms with Gasteiger partial charge in [0.2, 0.25) is 5.91 Å². The van der Waals surface area contributed by atoms with E-state index in [0.717, 1.165) is 35.1 Å². The lowest BCUT2D eigenvalue weighted by atomic mass is 9.91. The molecule has 0 bridgehead atoms. The van der Waals surface area contributed by atoms with E-state index in [1.54, 1.807) is 9.80 Å². The number of carbonyl (C=O) groups is 3. The predicted molar refractivity (Wildman–Crippen MR) is 133 cm³/mol. The third-order valence-electron chi connectivity index (χ3n) is 7.38. The van der Waals surface area contributed by atoms with E-state index in [1.165, 1.54) is 0 Å². The molecule has 2 aromatic rings. The summed E-state index contributed by atoms with van der Waals surface area (Å²) in [7, 11) is 0. The number of hydrogen-bond acceptors (Lipinski definition) is 3. The summed E-state index contributed by atoms with van der Waals surface area (Å²) in [4.78, 5) is 46.2. The Morgan fingerprint density at radius 2 is 1.77 bits per heavy atom.